The summed E-state index contributed by atoms with van der Waals surface area (Å²) in [6.07, 6.45) is 3.73. The molecule has 0 aliphatic carbocycles. The maximum absolute atomic E-state index is 14.4. The van der Waals surface area contributed by atoms with Crippen molar-refractivity contribution in [1.29, 1.82) is 0 Å². The van der Waals surface area contributed by atoms with Gasteiger partial charge in [-0.05, 0) is 27.0 Å². The highest BCUT2D eigenvalue weighted by Gasteiger charge is 2.50. The van der Waals surface area contributed by atoms with Crippen LogP contribution in [0.2, 0.25) is 0 Å². The van der Waals surface area contributed by atoms with Crippen LogP contribution in [-0.4, -0.2) is 124 Å². The first-order chi connectivity index (χ1) is 27.2. The molecule has 6 N–H and O–H groups in total. The summed E-state index contributed by atoms with van der Waals surface area (Å²) < 4.78 is 23.7. The second kappa shape index (κ2) is 17.7. The number of phenols is 3. The lowest BCUT2D eigenvalue weighted by atomic mass is 9.78. The molecule has 6 rings (SSSR count). The highest BCUT2D eigenvalue weighted by molar-refractivity contribution is 6.22. The fraction of sp³-hybridized carbons (Fsp3) is 0.558. The van der Waals surface area contributed by atoms with Crippen LogP contribution in [0.25, 0.3) is 10.8 Å². The van der Waals surface area contributed by atoms with Gasteiger partial charge < -0.3 is 54.7 Å². The van der Waals surface area contributed by atoms with Crippen molar-refractivity contribution in [2.75, 3.05) is 45.7 Å². The third-order valence-electron chi connectivity index (χ3n) is 12.1. The van der Waals surface area contributed by atoms with Gasteiger partial charge in [-0.1, -0.05) is 45.9 Å². The average Bonchev–Trinajstić information content (AvgIpc) is 3.45. The van der Waals surface area contributed by atoms with Gasteiger partial charge in [-0.15, -0.1) is 0 Å². The lowest BCUT2D eigenvalue weighted by Crippen LogP contribution is -2.46. The second-order valence-electron chi connectivity index (χ2n) is 16.3. The number of amides is 1. The number of phenolic OH excluding ortho intramolecular Hbond substituents is 3. The van der Waals surface area contributed by atoms with Gasteiger partial charge in [-0.25, -0.2) is 0 Å². The number of benzene rings is 2. The number of ketones is 1. The highest BCUT2D eigenvalue weighted by Crippen LogP contribution is 2.55. The topological polar surface area (TPSA) is 208 Å². The number of methoxy groups -OCH3 is 1. The molecule has 15 heteroatoms. The monoisotopic (exact) mass is 809 g/mol. The van der Waals surface area contributed by atoms with E-state index in [1.165, 1.54) is 46.3 Å². The Morgan fingerprint density at radius 1 is 0.931 bits per heavy atom. The normalized spacial score (nSPS) is 30.6. The van der Waals surface area contributed by atoms with Crippen molar-refractivity contribution < 1.29 is 58.9 Å². The zero-order chi connectivity index (χ0) is 43.0. The van der Waals surface area contributed by atoms with Crippen molar-refractivity contribution in [1.82, 2.24) is 9.80 Å². The molecular formula is C43H59N3O12. The van der Waals surface area contributed by atoms with E-state index < -0.39 is 88.8 Å². The van der Waals surface area contributed by atoms with E-state index in [0.717, 1.165) is 13.1 Å². The third-order valence-corrected chi connectivity index (χ3v) is 12.1. The minimum Gasteiger partial charge on any atom is -0.507 e. The molecule has 2 aromatic carbocycles. The first kappa shape index (κ1) is 44.4. The number of likely N-dealkylation sites (N-methyl/N-ethyl adjacent to an activating group) is 1. The Labute approximate surface area is 339 Å². The van der Waals surface area contributed by atoms with Gasteiger partial charge in [-0.2, -0.15) is 0 Å². The number of fused-ring (bicyclic) bond motifs is 14. The molecule has 2 aromatic rings. The lowest BCUT2D eigenvalue weighted by molar-refractivity contribution is -0.160. The van der Waals surface area contributed by atoms with Crippen molar-refractivity contribution in [2.24, 2.45) is 23.7 Å². The van der Waals surface area contributed by atoms with Gasteiger partial charge in [0.1, 0.15) is 23.4 Å². The fourth-order valence-corrected chi connectivity index (χ4v) is 8.17. The maximum Gasteiger partial charge on any atom is 0.312 e. The molecule has 58 heavy (non-hydrogen) atoms. The fourth-order valence-electron chi connectivity index (χ4n) is 8.17. The molecule has 318 valence electrons. The van der Waals surface area contributed by atoms with Crippen LogP contribution in [0, 0.1) is 30.6 Å². The Morgan fingerprint density at radius 2 is 1.59 bits per heavy atom. The summed E-state index contributed by atoms with van der Waals surface area (Å²) in [6.45, 7) is 15.4. The molecule has 4 aliphatic heterocycles. The van der Waals surface area contributed by atoms with Crippen LogP contribution in [-0.2, 0) is 30.3 Å². The Kier molecular flexibility index (Phi) is 13.5. The zero-order valence-electron chi connectivity index (χ0n) is 35.0. The molecule has 4 aliphatic rings. The minimum absolute atomic E-state index is 0.0565. The van der Waals surface area contributed by atoms with Crippen LogP contribution >= 0.6 is 0 Å². The molecule has 0 saturated carbocycles. The minimum atomic E-state index is -2.01. The zero-order valence-corrected chi connectivity index (χ0v) is 35.0. The number of aromatic hydroxyl groups is 3. The van der Waals surface area contributed by atoms with Crippen LogP contribution in [0.3, 0.4) is 0 Å². The Hall–Kier alpha value is -4.67. The van der Waals surface area contributed by atoms with E-state index in [1.807, 2.05) is 11.9 Å². The second-order valence-corrected chi connectivity index (χ2v) is 16.3. The van der Waals surface area contributed by atoms with Crippen molar-refractivity contribution in [2.45, 2.75) is 92.1 Å². The molecule has 4 heterocycles. The SMILES string of the molecule is CO[C@@H]1C=CO[C@@]2(C)Oc3c(C)c(O)c4c(O)c(c(CN5CCN(C)CC5)c(O)c4c3C2=O)NC(=O)C(C)=CC=C[C@H](C)[C@H](O)[C@H](C)[C@H](O)[C@H](C)[C@H](OC(C)=O)[C@H]1C. The van der Waals surface area contributed by atoms with E-state index in [9.17, 15) is 39.9 Å². The quantitative estimate of drug-likeness (QED) is 0.143. The van der Waals surface area contributed by atoms with E-state index in [-0.39, 0.29) is 51.0 Å². The summed E-state index contributed by atoms with van der Waals surface area (Å²) in [6, 6.07) is 0. The van der Waals surface area contributed by atoms with Crippen LogP contribution in [0.1, 0.15) is 70.0 Å². The summed E-state index contributed by atoms with van der Waals surface area (Å²) in [5, 5.41) is 60.9. The van der Waals surface area contributed by atoms with E-state index in [1.54, 1.807) is 46.8 Å². The number of aliphatic hydroxyl groups is 2. The molecule has 1 saturated heterocycles. The number of nitrogens with one attached hydrogen (secondary N) is 1. The van der Waals surface area contributed by atoms with Crippen LogP contribution in [0.5, 0.6) is 23.0 Å². The summed E-state index contributed by atoms with van der Waals surface area (Å²) in [4.78, 5) is 44.7. The van der Waals surface area contributed by atoms with Gasteiger partial charge in [-0.3, -0.25) is 19.3 Å². The molecule has 1 amide bonds. The van der Waals surface area contributed by atoms with Gasteiger partial charge in [0.05, 0.1) is 41.2 Å². The largest absolute Gasteiger partial charge is 0.507 e. The number of anilines is 1. The smallest absolute Gasteiger partial charge is 0.312 e. The number of carbonyl (C=O) groups excluding carboxylic acids is 3. The first-order valence-corrected chi connectivity index (χ1v) is 19.7. The summed E-state index contributed by atoms with van der Waals surface area (Å²) in [5.74, 6) is -7.86. The van der Waals surface area contributed by atoms with Crippen molar-refractivity contribution >= 4 is 34.1 Å². The number of carbonyl (C=O) groups is 3. The molecular weight excluding hydrogens is 750 g/mol. The number of piperazine rings is 1. The number of hydrogen-bond acceptors (Lipinski definition) is 14. The molecule has 5 bridgehead atoms. The third kappa shape index (κ3) is 8.55. The van der Waals surface area contributed by atoms with E-state index in [0.29, 0.717) is 13.1 Å². The van der Waals surface area contributed by atoms with Gasteiger partial charge in [0.15, 0.2) is 5.75 Å². The summed E-state index contributed by atoms with van der Waals surface area (Å²) in [5.41, 5.74) is 0.176. The Balaban J connectivity index is 1.70. The first-order valence-electron chi connectivity index (χ1n) is 19.7. The van der Waals surface area contributed by atoms with Gasteiger partial charge in [0.25, 0.3) is 11.7 Å². The number of Topliss-reactive ketones (excluding diaryl/α,β-unsaturated/α-hetero) is 1. The molecule has 0 aromatic heterocycles. The summed E-state index contributed by atoms with van der Waals surface area (Å²) in [7, 11) is 3.44. The van der Waals surface area contributed by atoms with Gasteiger partial charge in [0, 0.05) is 99.4 Å². The molecule has 1 fully saturated rings. The Morgan fingerprint density at radius 3 is 2.21 bits per heavy atom. The standard InChI is InChI=1S/C43H59N3O12/c1-21-12-11-13-22(2)42(54)44-33-28(20-46-17-15-45(9)16-18-46)37(51)30-31(38(33)52)36(50)26(6)40-32(30)41(53)43(8,58-40)56-19-14-29(55-10)23(3)39(57-27(7)47)25(5)35(49)24(4)34(21)48/h11-14,19,21,23-25,29,34-35,39,48-52H,15-18,20H2,1-10H3,(H,44,54)/t21-,23-,24-,25-,29+,34-,35-,39+,43-/m0/s1. The summed E-state index contributed by atoms with van der Waals surface area (Å²) >= 11 is 0. The van der Waals surface area contributed by atoms with Crippen molar-refractivity contribution in [3.05, 3.63) is 52.8 Å². The molecule has 9 atom stereocenters. The molecule has 0 unspecified atom stereocenters. The van der Waals surface area contributed by atoms with Gasteiger partial charge in [0.2, 0.25) is 0 Å². The predicted octanol–water partition coefficient (Wildman–Crippen LogP) is 4.50. The van der Waals surface area contributed by atoms with E-state index in [2.05, 4.69) is 10.2 Å². The number of hydrogen-bond donors (Lipinski definition) is 6. The molecule has 0 radical (unpaired) electrons. The average molecular weight is 810 g/mol. The molecule has 15 nitrogen and oxygen atoms in total. The van der Waals surface area contributed by atoms with E-state index in [4.69, 9.17) is 18.9 Å². The Bertz CT molecular complexity index is 2000. The van der Waals surface area contributed by atoms with Crippen molar-refractivity contribution in [3.8, 4) is 23.0 Å². The lowest BCUT2D eigenvalue weighted by Gasteiger charge is -2.38. The number of allylic oxidation sites excluding steroid dienone is 2. The van der Waals surface area contributed by atoms with Crippen LogP contribution in [0.15, 0.2) is 36.1 Å². The van der Waals surface area contributed by atoms with Crippen molar-refractivity contribution in [3.63, 3.8) is 0 Å². The number of rotatable bonds is 4. The highest BCUT2D eigenvalue weighted by atomic mass is 16.7. The molecule has 0 spiro atoms. The number of esters is 1. The number of nitrogens with zero attached hydrogens (tertiary/aromatic N) is 2. The van der Waals surface area contributed by atoms with Gasteiger partial charge >= 0.3 is 11.8 Å². The van der Waals surface area contributed by atoms with E-state index >= 15 is 0 Å². The van der Waals surface area contributed by atoms with Crippen LogP contribution in [0.4, 0.5) is 5.69 Å². The van der Waals surface area contributed by atoms with Crippen LogP contribution < -0.4 is 10.1 Å². The number of ether oxygens (including phenoxy) is 4. The number of aliphatic hydroxyl groups excluding tert-OH is 2. The maximum atomic E-state index is 14.4. The predicted molar refractivity (Wildman–Crippen MR) is 217 cm³/mol.